The van der Waals surface area contributed by atoms with Gasteiger partial charge in [0.1, 0.15) is 6.10 Å². The fourth-order valence-corrected chi connectivity index (χ4v) is 3.38. The van der Waals surface area contributed by atoms with E-state index in [0.29, 0.717) is 18.8 Å². The van der Waals surface area contributed by atoms with Crippen LogP contribution in [0.4, 0.5) is 10.5 Å². The summed E-state index contributed by atoms with van der Waals surface area (Å²) in [6, 6.07) is 7.61. The topological polar surface area (TPSA) is 84.4 Å². The van der Waals surface area contributed by atoms with Crippen LogP contribution in [0.5, 0.6) is 0 Å². The molecule has 2 aliphatic rings. The number of nitrogens with zero attached hydrogens (tertiary/aromatic N) is 2. The maximum Gasteiger partial charge on any atom is 0.411 e. The summed E-state index contributed by atoms with van der Waals surface area (Å²) in [4.78, 5) is 17.9. The zero-order valence-electron chi connectivity index (χ0n) is 15.9. The number of nitrogens with one attached hydrogen (secondary N) is 2. The van der Waals surface area contributed by atoms with Gasteiger partial charge in [-0.2, -0.15) is 0 Å². The molecule has 8 nitrogen and oxygen atoms in total. The molecular formula is C19H28N4O4. The molecule has 3 rings (SSSR count). The molecule has 0 aromatic heterocycles. The van der Waals surface area contributed by atoms with Crippen molar-refractivity contribution in [3.8, 4) is 0 Å². The van der Waals surface area contributed by atoms with Gasteiger partial charge in [-0.05, 0) is 30.5 Å². The number of morpholine rings is 1. The summed E-state index contributed by atoms with van der Waals surface area (Å²) >= 11 is 0. The summed E-state index contributed by atoms with van der Waals surface area (Å²) in [5.41, 5.74) is 1.79. The number of rotatable bonds is 4. The van der Waals surface area contributed by atoms with Crippen molar-refractivity contribution >= 4 is 17.7 Å². The van der Waals surface area contributed by atoms with Gasteiger partial charge in [0, 0.05) is 39.0 Å². The first-order valence-electron chi connectivity index (χ1n) is 9.32. The smallest absolute Gasteiger partial charge is 0.411 e. The van der Waals surface area contributed by atoms with Gasteiger partial charge in [-0.1, -0.05) is 12.1 Å². The highest BCUT2D eigenvalue weighted by Crippen LogP contribution is 2.21. The second-order valence-electron chi connectivity index (χ2n) is 6.62. The van der Waals surface area contributed by atoms with Crippen molar-refractivity contribution < 1.29 is 19.0 Å². The van der Waals surface area contributed by atoms with E-state index in [2.05, 4.69) is 25.3 Å². The number of hydrogen-bond acceptors (Lipinski definition) is 5. The molecule has 2 aliphatic heterocycles. The fourth-order valence-electron chi connectivity index (χ4n) is 3.38. The van der Waals surface area contributed by atoms with Gasteiger partial charge >= 0.3 is 6.09 Å². The minimum Gasteiger partial charge on any atom is -0.453 e. The van der Waals surface area contributed by atoms with Crippen molar-refractivity contribution in [2.45, 2.75) is 31.6 Å². The van der Waals surface area contributed by atoms with E-state index in [0.717, 1.165) is 44.1 Å². The van der Waals surface area contributed by atoms with Gasteiger partial charge in [-0.3, -0.25) is 10.3 Å². The minimum absolute atomic E-state index is 0.100. The zero-order valence-corrected chi connectivity index (χ0v) is 15.9. The zero-order chi connectivity index (χ0) is 19.1. The predicted octanol–water partition coefficient (Wildman–Crippen LogP) is 1.82. The van der Waals surface area contributed by atoms with Crippen LogP contribution in [0.15, 0.2) is 29.3 Å². The second kappa shape index (κ2) is 9.57. The maximum atomic E-state index is 11.2. The van der Waals surface area contributed by atoms with E-state index in [1.807, 2.05) is 24.3 Å². The molecule has 0 radical (unpaired) electrons. The lowest BCUT2D eigenvalue weighted by Gasteiger charge is -2.37. The molecule has 1 aromatic carbocycles. The normalized spacial score (nSPS) is 23.2. The van der Waals surface area contributed by atoms with Crippen molar-refractivity contribution in [1.82, 2.24) is 10.2 Å². The van der Waals surface area contributed by atoms with Crippen LogP contribution in [-0.2, 0) is 20.8 Å². The van der Waals surface area contributed by atoms with Crippen LogP contribution < -0.4 is 10.6 Å². The van der Waals surface area contributed by atoms with Crippen molar-refractivity contribution in [2.75, 3.05) is 45.8 Å². The molecule has 2 heterocycles. The summed E-state index contributed by atoms with van der Waals surface area (Å²) < 4.78 is 16.3. The Bertz CT molecular complexity index is 644. The summed E-state index contributed by atoms with van der Waals surface area (Å²) in [5, 5.41) is 6.04. The monoisotopic (exact) mass is 376 g/mol. The maximum absolute atomic E-state index is 11.2. The van der Waals surface area contributed by atoms with E-state index < -0.39 is 6.09 Å². The van der Waals surface area contributed by atoms with Crippen molar-refractivity contribution in [2.24, 2.45) is 4.99 Å². The van der Waals surface area contributed by atoms with Gasteiger partial charge in [0.2, 0.25) is 0 Å². The van der Waals surface area contributed by atoms with Crippen molar-refractivity contribution in [3.63, 3.8) is 0 Å². The molecule has 0 bridgehead atoms. The number of aliphatic imine (C=N–C) groups is 1. The quantitative estimate of drug-likeness (QED) is 0.616. The van der Waals surface area contributed by atoms with E-state index >= 15 is 0 Å². The third kappa shape index (κ3) is 5.33. The Morgan fingerprint density at radius 2 is 2.04 bits per heavy atom. The Balaban J connectivity index is 1.51. The lowest BCUT2D eigenvalue weighted by Crippen LogP contribution is -2.53. The summed E-state index contributed by atoms with van der Waals surface area (Å²) in [6.45, 7) is 3.75. The number of hydrogen-bond donors (Lipinski definition) is 2. The molecule has 0 aliphatic carbocycles. The lowest BCUT2D eigenvalue weighted by atomic mass is 10.1. The van der Waals surface area contributed by atoms with Crippen LogP contribution in [0.25, 0.3) is 0 Å². The number of methoxy groups -OCH3 is 1. The van der Waals surface area contributed by atoms with Gasteiger partial charge in [0.25, 0.3) is 0 Å². The molecule has 2 fully saturated rings. The SMILES string of the molecule is CN=C(NCc1ccc(NC(=O)OC)cc1)N1CCOC(C2CCCO2)C1. The van der Waals surface area contributed by atoms with Crippen LogP contribution in [0.2, 0.25) is 0 Å². The van der Waals surface area contributed by atoms with Crippen LogP contribution >= 0.6 is 0 Å². The van der Waals surface area contributed by atoms with Crippen molar-refractivity contribution in [3.05, 3.63) is 29.8 Å². The van der Waals surface area contributed by atoms with Gasteiger partial charge in [-0.25, -0.2) is 4.79 Å². The molecule has 2 N–H and O–H groups in total. The van der Waals surface area contributed by atoms with Crippen molar-refractivity contribution in [1.29, 1.82) is 0 Å². The molecule has 0 spiro atoms. The van der Waals surface area contributed by atoms with Crippen LogP contribution in [-0.4, -0.2) is 69.6 Å². The van der Waals surface area contributed by atoms with Gasteiger partial charge in [0.05, 0.1) is 19.8 Å². The lowest BCUT2D eigenvalue weighted by molar-refractivity contribution is -0.0817. The molecule has 1 aromatic rings. The Morgan fingerprint density at radius 3 is 2.70 bits per heavy atom. The van der Waals surface area contributed by atoms with Crippen LogP contribution in [0, 0.1) is 0 Å². The van der Waals surface area contributed by atoms with Gasteiger partial charge < -0.3 is 24.4 Å². The summed E-state index contributed by atoms with van der Waals surface area (Å²) in [6.07, 6.45) is 1.99. The number of ether oxygens (including phenoxy) is 3. The number of amides is 1. The summed E-state index contributed by atoms with van der Waals surface area (Å²) in [5.74, 6) is 0.859. The third-order valence-corrected chi connectivity index (χ3v) is 4.82. The number of carbonyl (C=O) groups excluding carboxylic acids is 1. The average Bonchev–Trinajstić information content (AvgIpc) is 3.25. The number of benzene rings is 1. The number of anilines is 1. The molecule has 2 unspecified atom stereocenters. The first-order chi connectivity index (χ1) is 13.2. The number of guanidine groups is 1. The first-order valence-corrected chi connectivity index (χ1v) is 9.32. The fraction of sp³-hybridized carbons (Fsp3) is 0.579. The number of carbonyl (C=O) groups is 1. The predicted molar refractivity (Wildman–Crippen MR) is 103 cm³/mol. The van der Waals surface area contributed by atoms with Gasteiger partial charge in [-0.15, -0.1) is 0 Å². The molecular weight excluding hydrogens is 348 g/mol. The first kappa shape index (κ1) is 19.4. The van der Waals surface area contributed by atoms with E-state index in [9.17, 15) is 4.79 Å². The van der Waals surface area contributed by atoms with Gasteiger partial charge in [0.15, 0.2) is 5.96 Å². The standard InChI is InChI=1S/C19H28N4O4/c1-20-18(23-9-11-27-17(13-23)16-4-3-10-26-16)21-12-14-5-7-15(8-6-14)22-19(24)25-2/h5-8,16-17H,3-4,9-13H2,1-2H3,(H,20,21)(H,22,24). The van der Waals surface area contributed by atoms with E-state index in [4.69, 9.17) is 9.47 Å². The highest BCUT2D eigenvalue weighted by molar-refractivity contribution is 5.84. The van der Waals surface area contributed by atoms with E-state index in [1.54, 1.807) is 7.05 Å². The molecule has 8 heteroatoms. The Kier molecular flexibility index (Phi) is 6.89. The molecule has 148 valence electrons. The Hall–Kier alpha value is -2.32. The van der Waals surface area contributed by atoms with E-state index in [-0.39, 0.29) is 12.2 Å². The van der Waals surface area contributed by atoms with Crippen LogP contribution in [0.3, 0.4) is 0 Å². The molecule has 2 saturated heterocycles. The molecule has 1 amide bonds. The van der Waals surface area contributed by atoms with Crippen LogP contribution in [0.1, 0.15) is 18.4 Å². The van der Waals surface area contributed by atoms with E-state index in [1.165, 1.54) is 7.11 Å². The Labute approximate surface area is 159 Å². The molecule has 0 saturated carbocycles. The molecule has 2 atom stereocenters. The third-order valence-electron chi connectivity index (χ3n) is 4.82. The Morgan fingerprint density at radius 1 is 1.26 bits per heavy atom. The second-order valence-corrected chi connectivity index (χ2v) is 6.62. The highest BCUT2D eigenvalue weighted by Gasteiger charge is 2.32. The summed E-state index contributed by atoms with van der Waals surface area (Å²) in [7, 11) is 3.14. The molecule has 27 heavy (non-hydrogen) atoms. The highest BCUT2D eigenvalue weighted by atomic mass is 16.5. The largest absolute Gasteiger partial charge is 0.453 e. The minimum atomic E-state index is -0.477. The average molecular weight is 376 g/mol.